The Labute approximate surface area is 259 Å². The van der Waals surface area contributed by atoms with Crippen molar-refractivity contribution < 1.29 is 32.2 Å². The summed E-state index contributed by atoms with van der Waals surface area (Å²) in [6, 6.07) is 16.6. The van der Waals surface area contributed by atoms with E-state index in [0.29, 0.717) is 84.4 Å². The third kappa shape index (κ3) is 6.92. The van der Waals surface area contributed by atoms with E-state index >= 15 is 0 Å². The molecule has 0 radical (unpaired) electrons. The average Bonchev–Trinajstić information content (AvgIpc) is 3.51. The first-order valence-corrected chi connectivity index (χ1v) is 15.1. The summed E-state index contributed by atoms with van der Waals surface area (Å²) in [5.74, 6) is -1.45. The fraction of sp³-hybridized carbons (Fsp3) is 0.382. The van der Waals surface area contributed by atoms with Gasteiger partial charge in [0.25, 0.3) is 11.8 Å². The summed E-state index contributed by atoms with van der Waals surface area (Å²) in [5.41, 5.74) is 4.26. The second-order valence-electron chi connectivity index (χ2n) is 11.3. The molecule has 4 aromatic rings. The molecule has 1 N–H and O–H groups in total. The Balaban J connectivity index is 1.18. The van der Waals surface area contributed by atoms with Crippen LogP contribution in [0.5, 0.6) is 11.5 Å². The number of piperidine rings is 1. The first kappa shape index (κ1) is 30.5. The van der Waals surface area contributed by atoms with E-state index < -0.39 is 5.92 Å². The number of pyridine rings is 1. The highest BCUT2D eigenvalue weighted by molar-refractivity contribution is 5.98. The molecule has 9 nitrogen and oxygen atoms in total. The van der Waals surface area contributed by atoms with Crippen LogP contribution in [0.15, 0.2) is 59.1 Å². The minimum absolute atomic E-state index is 0.0179. The number of hydrogen-bond donors (Lipinski definition) is 1. The lowest BCUT2D eigenvalue weighted by Gasteiger charge is -2.31. The van der Waals surface area contributed by atoms with Crippen LogP contribution in [0.25, 0.3) is 33.6 Å². The molecule has 2 aliphatic heterocycles. The van der Waals surface area contributed by atoms with Crippen LogP contribution >= 0.6 is 0 Å². The topological polar surface area (TPSA) is 110 Å². The molecule has 2 saturated heterocycles. The number of carbonyl (C=O) groups is 1. The largest absolute Gasteiger partial charge is 0.496 e. The van der Waals surface area contributed by atoms with Gasteiger partial charge in [-0.15, -0.1) is 0 Å². The summed E-state index contributed by atoms with van der Waals surface area (Å²) in [4.78, 5) is 19.4. The molecule has 234 valence electrons. The molecule has 11 heteroatoms. The Bertz CT molecular complexity index is 1720. The van der Waals surface area contributed by atoms with Gasteiger partial charge in [0.1, 0.15) is 34.9 Å². The highest BCUT2D eigenvalue weighted by Crippen LogP contribution is 2.37. The van der Waals surface area contributed by atoms with E-state index in [9.17, 15) is 18.8 Å². The lowest BCUT2D eigenvalue weighted by molar-refractivity contribution is -0.0547. The fourth-order valence-electron chi connectivity index (χ4n) is 5.73. The maximum absolute atomic E-state index is 13.4. The Morgan fingerprint density at radius 2 is 1.87 bits per heavy atom. The number of methoxy groups -OCH3 is 1. The first-order chi connectivity index (χ1) is 21.8. The number of aromatic nitrogens is 1. The minimum Gasteiger partial charge on any atom is -0.496 e. The van der Waals surface area contributed by atoms with E-state index in [0.717, 1.165) is 24.0 Å². The standard InChI is InChI=1S/C34H34F2N4O5/c1-42-31-19-23(2-4-27(31)33(41)39-12-15-40-13-9-34(35,36)10-14-40)30-20-28-32(45-30)26(6-11-38-28)22-3-5-29(24(18-22)21-37)44-25-7-16-43-17-8-25/h2-6,11,18-20,25H,7-10,12-17H2,1H3,(H,39,41). The Kier molecular flexibility index (Phi) is 8.96. The second kappa shape index (κ2) is 13.2. The van der Waals surface area contributed by atoms with E-state index in [1.165, 1.54) is 7.11 Å². The van der Waals surface area contributed by atoms with E-state index in [1.807, 2.05) is 29.2 Å². The van der Waals surface area contributed by atoms with E-state index in [4.69, 9.17) is 18.6 Å². The van der Waals surface area contributed by atoms with Crippen molar-refractivity contribution in [1.82, 2.24) is 15.2 Å². The van der Waals surface area contributed by atoms with Gasteiger partial charge >= 0.3 is 0 Å². The van der Waals surface area contributed by atoms with Crippen LogP contribution in [-0.2, 0) is 4.74 Å². The van der Waals surface area contributed by atoms with E-state index in [1.54, 1.807) is 30.5 Å². The molecule has 0 saturated carbocycles. The Hall–Kier alpha value is -4.53. The SMILES string of the molecule is COc1cc(-c2cc3nccc(-c4ccc(OC5CCOCC5)c(C#N)c4)c3o2)ccc1C(=O)NCCN1CCC(F)(F)CC1. The number of benzene rings is 2. The number of ether oxygens (including phenoxy) is 3. The number of halogens is 2. The summed E-state index contributed by atoms with van der Waals surface area (Å²) in [5, 5.41) is 12.7. The molecule has 6 rings (SSSR count). The van der Waals surface area contributed by atoms with Crippen LogP contribution in [0, 0.1) is 11.3 Å². The van der Waals surface area contributed by atoms with Crippen molar-refractivity contribution in [3.05, 3.63) is 65.9 Å². The predicted molar refractivity (Wildman–Crippen MR) is 164 cm³/mol. The van der Waals surface area contributed by atoms with Gasteiger partial charge in [-0.2, -0.15) is 5.26 Å². The summed E-state index contributed by atoms with van der Waals surface area (Å²) >= 11 is 0. The zero-order valence-corrected chi connectivity index (χ0v) is 25.0. The zero-order valence-electron chi connectivity index (χ0n) is 25.0. The molecule has 0 spiro atoms. The van der Waals surface area contributed by atoms with Crippen molar-refractivity contribution >= 4 is 17.0 Å². The number of hydrogen-bond acceptors (Lipinski definition) is 8. The smallest absolute Gasteiger partial charge is 0.255 e. The molecule has 0 unspecified atom stereocenters. The quantitative estimate of drug-likeness (QED) is 0.242. The minimum atomic E-state index is -2.60. The number of rotatable bonds is 9. The molecule has 2 aromatic heterocycles. The maximum Gasteiger partial charge on any atom is 0.255 e. The number of nitrogens with zero attached hydrogens (tertiary/aromatic N) is 3. The predicted octanol–water partition coefficient (Wildman–Crippen LogP) is 6.06. The molecule has 2 aliphatic rings. The van der Waals surface area contributed by atoms with Crippen molar-refractivity contribution in [2.24, 2.45) is 0 Å². The van der Waals surface area contributed by atoms with Gasteiger partial charge in [-0.3, -0.25) is 9.78 Å². The van der Waals surface area contributed by atoms with Crippen LogP contribution in [0.2, 0.25) is 0 Å². The summed E-state index contributed by atoms with van der Waals surface area (Å²) in [6.45, 7) is 2.75. The van der Waals surface area contributed by atoms with Gasteiger partial charge < -0.3 is 28.8 Å². The van der Waals surface area contributed by atoms with Crippen molar-refractivity contribution in [3.8, 4) is 40.0 Å². The Morgan fingerprint density at radius 1 is 1.09 bits per heavy atom. The highest BCUT2D eigenvalue weighted by atomic mass is 19.3. The van der Waals surface area contributed by atoms with Gasteiger partial charge in [-0.1, -0.05) is 12.1 Å². The van der Waals surface area contributed by atoms with Gasteiger partial charge in [-0.05, 0) is 35.9 Å². The van der Waals surface area contributed by atoms with Crippen LogP contribution in [-0.4, -0.2) is 74.3 Å². The van der Waals surface area contributed by atoms with Gasteiger partial charge in [-0.25, -0.2) is 8.78 Å². The van der Waals surface area contributed by atoms with E-state index in [2.05, 4.69) is 16.4 Å². The van der Waals surface area contributed by atoms with Crippen LogP contribution in [0.3, 0.4) is 0 Å². The molecule has 45 heavy (non-hydrogen) atoms. The molecule has 0 atom stereocenters. The molecule has 2 fully saturated rings. The molecule has 0 aliphatic carbocycles. The number of fused-ring (bicyclic) bond motifs is 1. The summed E-state index contributed by atoms with van der Waals surface area (Å²) in [7, 11) is 1.49. The van der Waals surface area contributed by atoms with E-state index in [-0.39, 0.29) is 24.9 Å². The first-order valence-electron chi connectivity index (χ1n) is 15.1. The fourth-order valence-corrected chi connectivity index (χ4v) is 5.73. The second-order valence-corrected chi connectivity index (χ2v) is 11.3. The zero-order chi connectivity index (χ0) is 31.4. The lowest BCUT2D eigenvalue weighted by Crippen LogP contribution is -2.43. The summed E-state index contributed by atoms with van der Waals surface area (Å²) in [6.07, 6.45) is 2.96. The molecular weight excluding hydrogens is 582 g/mol. The number of carbonyl (C=O) groups excluding carboxylic acids is 1. The van der Waals surface area contributed by atoms with Crippen LogP contribution in [0.4, 0.5) is 8.78 Å². The maximum atomic E-state index is 13.4. The number of alkyl halides is 2. The summed E-state index contributed by atoms with van der Waals surface area (Å²) < 4.78 is 50.2. The molecule has 4 heterocycles. The van der Waals surface area contributed by atoms with Crippen molar-refractivity contribution in [1.29, 1.82) is 5.26 Å². The number of furan rings is 1. The van der Waals surface area contributed by atoms with Crippen molar-refractivity contribution in [3.63, 3.8) is 0 Å². The van der Waals surface area contributed by atoms with Crippen LogP contribution in [0.1, 0.15) is 41.6 Å². The van der Waals surface area contributed by atoms with Gasteiger partial charge in [0.15, 0.2) is 5.58 Å². The molecule has 1 amide bonds. The monoisotopic (exact) mass is 616 g/mol. The number of likely N-dealkylation sites (tertiary alicyclic amines) is 1. The van der Waals surface area contributed by atoms with Gasteiger partial charge in [0, 0.05) is 75.3 Å². The third-order valence-corrected chi connectivity index (χ3v) is 8.32. The molecular formula is C34H34F2N4O5. The normalized spacial score (nSPS) is 17.1. The number of nitriles is 1. The Morgan fingerprint density at radius 3 is 2.62 bits per heavy atom. The number of nitrogens with one attached hydrogen (secondary N) is 1. The highest BCUT2D eigenvalue weighted by Gasteiger charge is 2.33. The van der Waals surface area contributed by atoms with Gasteiger partial charge in [0.05, 0.1) is 31.5 Å². The van der Waals surface area contributed by atoms with Crippen molar-refractivity contribution in [2.45, 2.75) is 37.7 Å². The van der Waals surface area contributed by atoms with Crippen molar-refractivity contribution in [2.75, 3.05) is 46.5 Å². The van der Waals surface area contributed by atoms with Crippen LogP contribution < -0.4 is 14.8 Å². The molecule has 2 aromatic carbocycles. The molecule has 0 bridgehead atoms. The number of amides is 1. The van der Waals surface area contributed by atoms with Gasteiger partial charge in [0.2, 0.25) is 0 Å². The average molecular weight is 617 g/mol. The lowest BCUT2D eigenvalue weighted by atomic mass is 10.0. The third-order valence-electron chi connectivity index (χ3n) is 8.32.